The first-order valence-corrected chi connectivity index (χ1v) is 15.0. The van der Waals surface area contributed by atoms with Crippen molar-refractivity contribution in [1.82, 2.24) is 9.80 Å². The van der Waals surface area contributed by atoms with Crippen LogP contribution in [0.1, 0.15) is 84.7 Å². The summed E-state index contributed by atoms with van der Waals surface area (Å²) in [5, 5.41) is 0. The van der Waals surface area contributed by atoms with Crippen LogP contribution in [-0.2, 0) is 20.9 Å². The lowest BCUT2D eigenvalue weighted by molar-refractivity contribution is -0.155. The van der Waals surface area contributed by atoms with Crippen molar-refractivity contribution >= 4 is 29.4 Å². The molecule has 0 aromatic heterocycles. The van der Waals surface area contributed by atoms with Crippen LogP contribution in [-0.4, -0.2) is 65.3 Å². The highest BCUT2D eigenvalue weighted by atomic mass is 16.6. The zero-order valence-corrected chi connectivity index (χ0v) is 25.8. The van der Waals surface area contributed by atoms with E-state index in [-0.39, 0.29) is 42.5 Å². The second-order valence-corrected chi connectivity index (χ2v) is 13.0. The largest absolute Gasteiger partial charge is 0.495 e. The predicted molar refractivity (Wildman–Crippen MR) is 164 cm³/mol. The van der Waals surface area contributed by atoms with Gasteiger partial charge in [-0.25, -0.2) is 0 Å². The Kier molecular flexibility index (Phi) is 8.34. The fraction of sp³-hybridized carbons (Fsp3) is 0.471. The van der Waals surface area contributed by atoms with E-state index in [9.17, 15) is 19.2 Å². The number of nitrogens with two attached hydrogens (primary N) is 2. The van der Waals surface area contributed by atoms with Crippen molar-refractivity contribution < 1.29 is 28.7 Å². The van der Waals surface area contributed by atoms with E-state index in [4.69, 9.17) is 20.9 Å². The molecule has 1 spiro atoms. The summed E-state index contributed by atoms with van der Waals surface area (Å²) in [7, 11) is 1.53. The monoisotopic (exact) mass is 600 g/mol. The third-order valence-corrected chi connectivity index (χ3v) is 8.69. The molecule has 1 saturated carbocycles. The molecule has 232 valence electrons. The Morgan fingerprint density at radius 3 is 2.66 bits per heavy atom. The second-order valence-electron chi connectivity index (χ2n) is 13.0. The second kappa shape index (κ2) is 11.9. The molecule has 1 aliphatic carbocycles. The van der Waals surface area contributed by atoms with Gasteiger partial charge in [-0.2, -0.15) is 0 Å². The number of carbonyl (C=O) groups is 4. The van der Waals surface area contributed by atoms with Crippen LogP contribution in [0.4, 0.5) is 5.69 Å². The van der Waals surface area contributed by atoms with E-state index in [1.165, 1.54) is 12.0 Å². The normalized spacial score (nSPS) is 21.3. The number of methoxy groups -OCH3 is 1. The minimum Gasteiger partial charge on any atom is -0.495 e. The summed E-state index contributed by atoms with van der Waals surface area (Å²) in [5.74, 6) is 5.88. The van der Waals surface area contributed by atoms with Crippen LogP contribution < -0.4 is 16.2 Å². The molecule has 3 aliphatic rings. The van der Waals surface area contributed by atoms with E-state index in [1.807, 2.05) is 11.0 Å². The first kappa shape index (κ1) is 30.9. The standard InChI is InChI=1S/C34H40N4O6/c1-33(2,3)44-29(39)14-13-27(30(36)40)38-19-25-21(7-5-8-24(25)32(38)42)9-11-23-18-34(23)15-6-16-37(20-34)31(41)22-10-12-26(35)28(17-22)43-4/h5,7-8,10,12,17,23,27H,6,13-16,18-20,35H2,1-4H3,(H2,36,40)/t23-,27-,34-/m0/s1. The van der Waals surface area contributed by atoms with Gasteiger partial charge in [0, 0.05) is 54.1 Å². The lowest BCUT2D eigenvalue weighted by atomic mass is 9.91. The highest BCUT2D eigenvalue weighted by Crippen LogP contribution is 2.57. The molecule has 4 N–H and O–H groups in total. The van der Waals surface area contributed by atoms with Gasteiger partial charge >= 0.3 is 5.97 Å². The van der Waals surface area contributed by atoms with Gasteiger partial charge in [0.2, 0.25) is 5.91 Å². The molecule has 10 heteroatoms. The van der Waals surface area contributed by atoms with Crippen molar-refractivity contribution in [3.05, 3.63) is 58.7 Å². The predicted octanol–water partition coefficient (Wildman–Crippen LogP) is 3.50. The average Bonchev–Trinajstić information content (AvgIpc) is 3.51. The summed E-state index contributed by atoms with van der Waals surface area (Å²) in [5.41, 5.74) is 13.9. The highest BCUT2D eigenvalue weighted by Gasteiger charge is 2.55. The molecule has 3 atom stereocenters. The van der Waals surface area contributed by atoms with Gasteiger partial charge in [-0.3, -0.25) is 19.2 Å². The molecular formula is C34H40N4O6. The summed E-state index contributed by atoms with van der Waals surface area (Å²) < 4.78 is 10.7. The molecular weight excluding hydrogens is 560 g/mol. The molecule has 3 amide bonds. The minimum atomic E-state index is -0.943. The van der Waals surface area contributed by atoms with E-state index in [1.54, 1.807) is 51.1 Å². The zero-order valence-electron chi connectivity index (χ0n) is 25.8. The van der Waals surface area contributed by atoms with Crippen LogP contribution in [0.3, 0.4) is 0 Å². The maximum atomic E-state index is 13.3. The SMILES string of the molecule is COc1cc(C(=O)N2CCC[C@]3(C[C@@H]3C#Cc3cccc4c3CN([C@@H](CCC(=O)OC(C)(C)C)C(N)=O)C4=O)C2)ccc1N. The molecule has 5 rings (SSSR count). The lowest BCUT2D eigenvalue weighted by Gasteiger charge is -2.33. The third-order valence-electron chi connectivity index (χ3n) is 8.69. The van der Waals surface area contributed by atoms with Gasteiger partial charge in [-0.15, -0.1) is 0 Å². The van der Waals surface area contributed by atoms with E-state index in [0.29, 0.717) is 35.7 Å². The maximum absolute atomic E-state index is 13.3. The number of benzene rings is 2. The molecule has 2 aliphatic heterocycles. The van der Waals surface area contributed by atoms with Crippen molar-refractivity contribution in [1.29, 1.82) is 0 Å². The van der Waals surface area contributed by atoms with Crippen molar-refractivity contribution in [2.24, 2.45) is 17.1 Å². The van der Waals surface area contributed by atoms with Gasteiger partial charge in [0.05, 0.1) is 12.8 Å². The van der Waals surface area contributed by atoms with Crippen LogP contribution in [0.2, 0.25) is 0 Å². The Hall–Kier alpha value is -4.52. The van der Waals surface area contributed by atoms with Crippen LogP contribution >= 0.6 is 0 Å². The number of nitrogen functional groups attached to an aromatic ring is 1. The number of amides is 3. The zero-order chi connectivity index (χ0) is 31.8. The molecule has 44 heavy (non-hydrogen) atoms. The molecule has 2 fully saturated rings. The number of carbonyl (C=O) groups excluding carboxylic acids is 4. The van der Waals surface area contributed by atoms with Crippen LogP contribution in [0.25, 0.3) is 0 Å². The molecule has 0 unspecified atom stereocenters. The van der Waals surface area contributed by atoms with Crippen molar-refractivity contribution in [3.8, 4) is 17.6 Å². The van der Waals surface area contributed by atoms with E-state index >= 15 is 0 Å². The number of nitrogens with zero attached hydrogens (tertiary/aromatic N) is 2. The summed E-state index contributed by atoms with van der Waals surface area (Å²) in [6.45, 7) is 6.82. The number of ether oxygens (including phenoxy) is 2. The van der Waals surface area contributed by atoms with Gasteiger partial charge in [0.1, 0.15) is 17.4 Å². The van der Waals surface area contributed by atoms with Gasteiger partial charge in [-0.1, -0.05) is 17.9 Å². The molecule has 0 radical (unpaired) electrons. The lowest BCUT2D eigenvalue weighted by Crippen LogP contribution is -2.45. The molecule has 2 heterocycles. The van der Waals surface area contributed by atoms with E-state index in [0.717, 1.165) is 30.4 Å². The topological polar surface area (TPSA) is 145 Å². The van der Waals surface area contributed by atoms with Gasteiger partial charge in [0.15, 0.2) is 0 Å². The van der Waals surface area contributed by atoms with E-state index < -0.39 is 23.5 Å². The Labute approximate surface area is 258 Å². The number of esters is 1. The van der Waals surface area contributed by atoms with Crippen LogP contribution in [0.5, 0.6) is 5.75 Å². The summed E-state index contributed by atoms with van der Waals surface area (Å²) in [4.78, 5) is 54.6. The quantitative estimate of drug-likeness (QED) is 0.281. The molecule has 1 saturated heterocycles. The smallest absolute Gasteiger partial charge is 0.306 e. The molecule has 2 aromatic rings. The van der Waals surface area contributed by atoms with Gasteiger partial charge in [0.25, 0.3) is 11.8 Å². The van der Waals surface area contributed by atoms with Crippen molar-refractivity contribution in [3.63, 3.8) is 0 Å². The Morgan fingerprint density at radius 2 is 1.95 bits per heavy atom. The first-order chi connectivity index (χ1) is 20.8. The van der Waals surface area contributed by atoms with Crippen molar-refractivity contribution in [2.45, 2.75) is 71.1 Å². The number of piperidine rings is 1. The van der Waals surface area contributed by atoms with Gasteiger partial charge < -0.3 is 30.7 Å². The molecule has 10 nitrogen and oxygen atoms in total. The number of hydrogen-bond acceptors (Lipinski definition) is 7. The highest BCUT2D eigenvalue weighted by molar-refractivity contribution is 6.01. The minimum absolute atomic E-state index is 0.0349. The Balaban J connectivity index is 1.27. The summed E-state index contributed by atoms with van der Waals surface area (Å²) in [6.07, 6.45) is 2.85. The average molecular weight is 601 g/mol. The Bertz CT molecular complexity index is 1570. The fourth-order valence-electron chi connectivity index (χ4n) is 6.35. The maximum Gasteiger partial charge on any atom is 0.306 e. The van der Waals surface area contributed by atoms with Crippen LogP contribution in [0, 0.1) is 23.2 Å². The van der Waals surface area contributed by atoms with Crippen LogP contribution in [0.15, 0.2) is 36.4 Å². The fourth-order valence-corrected chi connectivity index (χ4v) is 6.35. The number of hydrogen-bond donors (Lipinski definition) is 2. The third kappa shape index (κ3) is 6.37. The summed E-state index contributed by atoms with van der Waals surface area (Å²) >= 11 is 0. The first-order valence-electron chi connectivity index (χ1n) is 15.0. The number of likely N-dealkylation sites (tertiary alicyclic amines) is 1. The van der Waals surface area contributed by atoms with Gasteiger partial charge in [-0.05, 0) is 82.3 Å². The Morgan fingerprint density at radius 1 is 1.18 bits per heavy atom. The van der Waals surface area contributed by atoms with Crippen molar-refractivity contribution in [2.75, 3.05) is 25.9 Å². The number of anilines is 1. The summed E-state index contributed by atoms with van der Waals surface area (Å²) in [6, 6.07) is 9.55. The number of primary amides is 1. The number of fused-ring (bicyclic) bond motifs is 1. The molecule has 2 aromatic carbocycles. The van der Waals surface area contributed by atoms with E-state index in [2.05, 4.69) is 11.8 Å². The molecule has 0 bridgehead atoms. The number of rotatable bonds is 7.